The van der Waals surface area contributed by atoms with Crippen LogP contribution in [0.3, 0.4) is 0 Å². The third-order valence-electron chi connectivity index (χ3n) is 0.726. The molecule has 0 aliphatic heterocycles. The topological polar surface area (TPSA) is 26.3 Å². The maximum Gasteiger partial charge on any atom is 0.203 e. The Hall–Kier alpha value is -0.510. The van der Waals surface area contributed by atoms with Gasteiger partial charge in [-0.25, -0.2) is 0 Å². The SMILES string of the molecule is C#CC[PH](=O)OCC(=C)C. The molecule has 0 aromatic carbocycles. The summed E-state index contributed by atoms with van der Waals surface area (Å²) in [6, 6.07) is 0. The van der Waals surface area contributed by atoms with E-state index in [1.54, 1.807) is 0 Å². The maximum absolute atomic E-state index is 10.7. The first-order valence-electron chi connectivity index (χ1n) is 2.90. The highest BCUT2D eigenvalue weighted by atomic mass is 31.1. The molecule has 2 nitrogen and oxygen atoms in total. The van der Waals surface area contributed by atoms with E-state index in [0.717, 1.165) is 5.57 Å². The Morgan fingerprint density at radius 3 is 2.90 bits per heavy atom. The van der Waals surface area contributed by atoms with Crippen molar-refractivity contribution in [3.8, 4) is 12.3 Å². The van der Waals surface area contributed by atoms with E-state index in [9.17, 15) is 4.57 Å². The maximum atomic E-state index is 10.7. The van der Waals surface area contributed by atoms with Crippen molar-refractivity contribution in [1.82, 2.24) is 0 Å². The summed E-state index contributed by atoms with van der Waals surface area (Å²) in [7, 11) is -1.98. The largest absolute Gasteiger partial charge is 0.325 e. The molecule has 0 N–H and O–H groups in total. The van der Waals surface area contributed by atoms with Gasteiger partial charge in [0.05, 0.1) is 12.8 Å². The van der Waals surface area contributed by atoms with Crippen LogP contribution in [0.15, 0.2) is 12.2 Å². The van der Waals surface area contributed by atoms with Gasteiger partial charge in [-0.3, -0.25) is 4.57 Å². The second-order valence-electron chi connectivity index (χ2n) is 2.00. The Kier molecular flexibility index (Phi) is 5.02. The molecule has 0 spiro atoms. The van der Waals surface area contributed by atoms with E-state index >= 15 is 0 Å². The number of terminal acetylenes is 1. The lowest BCUT2D eigenvalue weighted by Gasteiger charge is -1.98. The van der Waals surface area contributed by atoms with Gasteiger partial charge >= 0.3 is 0 Å². The minimum Gasteiger partial charge on any atom is -0.325 e. The van der Waals surface area contributed by atoms with Gasteiger partial charge in [-0.2, -0.15) is 0 Å². The van der Waals surface area contributed by atoms with Crippen LogP contribution in [0.2, 0.25) is 0 Å². The summed E-state index contributed by atoms with van der Waals surface area (Å²) in [4.78, 5) is 0. The standard InChI is InChI=1S/C7H11O2P/c1-4-5-10(8)9-6-7(2)3/h1,10H,2,5-6H2,3H3. The van der Waals surface area contributed by atoms with Crippen LogP contribution in [-0.4, -0.2) is 12.8 Å². The molecule has 0 saturated carbocycles. The highest BCUT2D eigenvalue weighted by Crippen LogP contribution is 2.20. The normalized spacial score (nSPS) is 12.0. The van der Waals surface area contributed by atoms with E-state index in [0.29, 0.717) is 6.61 Å². The molecule has 0 aromatic heterocycles. The number of rotatable bonds is 4. The molecule has 0 aliphatic carbocycles. The van der Waals surface area contributed by atoms with Gasteiger partial charge in [-0.1, -0.05) is 18.1 Å². The lowest BCUT2D eigenvalue weighted by Crippen LogP contribution is -1.87. The molecule has 0 rings (SSSR count). The first-order valence-corrected chi connectivity index (χ1v) is 4.42. The molecule has 56 valence electrons. The second kappa shape index (κ2) is 5.29. The lowest BCUT2D eigenvalue weighted by atomic mass is 10.4. The van der Waals surface area contributed by atoms with Crippen molar-refractivity contribution < 1.29 is 9.09 Å². The van der Waals surface area contributed by atoms with Gasteiger partial charge < -0.3 is 4.52 Å². The Morgan fingerprint density at radius 1 is 1.90 bits per heavy atom. The van der Waals surface area contributed by atoms with Gasteiger partial charge in [0, 0.05) is 0 Å². The van der Waals surface area contributed by atoms with Crippen LogP contribution in [0.1, 0.15) is 6.92 Å². The molecule has 0 aliphatic rings. The summed E-state index contributed by atoms with van der Waals surface area (Å²) < 4.78 is 15.6. The van der Waals surface area contributed by atoms with Crippen molar-refractivity contribution in [3.05, 3.63) is 12.2 Å². The summed E-state index contributed by atoms with van der Waals surface area (Å²) in [5.74, 6) is 2.27. The van der Waals surface area contributed by atoms with E-state index in [2.05, 4.69) is 12.5 Å². The molecule has 0 heterocycles. The molecular weight excluding hydrogens is 147 g/mol. The molecule has 0 fully saturated rings. The minimum atomic E-state index is -1.98. The van der Waals surface area contributed by atoms with Crippen LogP contribution in [0.4, 0.5) is 0 Å². The monoisotopic (exact) mass is 158 g/mol. The van der Waals surface area contributed by atoms with Gasteiger partial charge in [0.15, 0.2) is 0 Å². The smallest absolute Gasteiger partial charge is 0.203 e. The molecule has 0 radical (unpaired) electrons. The molecule has 0 saturated heterocycles. The van der Waals surface area contributed by atoms with Crippen LogP contribution in [0, 0.1) is 12.3 Å². The summed E-state index contributed by atoms with van der Waals surface area (Å²) >= 11 is 0. The third-order valence-corrected chi connectivity index (χ3v) is 1.69. The highest BCUT2D eigenvalue weighted by molar-refractivity contribution is 7.39. The van der Waals surface area contributed by atoms with Crippen LogP contribution in [0.5, 0.6) is 0 Å². The zero-order valence-corrected chi connectivity index (χ0v) is 7.02. The molecule has 0 aromatic rings. The molecule has 1 atom stereocenters. The molecule has 1 unspecified atom stereocenters. The number of hydrogen-bond donors (Lipinski definition) is 0. The molecule has 10 heavy (non-hydrogen) atoms. The predicted octanol–water partition coefficient (Wildman–Crippen LogP) is 1.69. The zero-order chi connectivity index (χ0) is 7.98. The van der Waals surface area contributed by atoms with Crippen molar-refractivity contribution in [3.63, 3.8) is 0 Å². The van der Waals surface area contributed by atoms with Gasteiger partial charge in [0.1, 0.15) is 0 Å². The van der Waals surface area contributed by atoms with Crippen molar-refractivity contribution in [1.29, 1.82) is 0 Å². The van der Waals surface area contributed by atoms with Crippen LogP contribution in [-0.2, 0) is 9.09 Å². The van der Waals surface area contributed by atoms with E-state index < -0.39 is 8.03 Å². The van der Waals surface area contributed by atoms with Crippen molar-refractivity contribution in [2.75, 3.05) is 12.8 Å². The highest BCUT2D eigenvalue weighted by Gasteiger charge is 1.94. The van der Waals surface area contributed by atoms with Crippen molar-refractivity contribution >= 4 is 8.03 Å². The van der Waals surface area contributed by atoms with E-state index in [4.69, 9.17) is 10.9 Å². The van der Waals surface area contributed by atoms with Crippen molar-refractivity contribution in [2.45, 2.75) is 6.92 Å². The quantitative estimate of drug-likeness (QED) is 0.353. The zero-order valence-electron chi connectivity index (χ0n) is 6.02. The summed E-state index contributed by atoms with van der Waals surface area (Å²) in [5.41, 5.74) is 0.857. The molecule has 0 bridgehead atoms. The van der Waals surface area contributed by atoms with E-state index in [-0.39, 0.29) is 6.16 Å². The second-order valence-corrected chi connectivity index (χ2v) is 3.38. The van der Waals surface area contributed by atoms with Crippen LogP contribution < -0.4 is 0 Å². The van der Waals surface area contributed by atoms with E-state index in [1.807, 2.05) is 6.92 Å². The summed E-state index contributed by atoms with van der Waals surface area (Å²) in [6.07, 6.45) is 5.13. The van der Waals surface area contributed by atoms with Crippen LogP contribution >= 0.6 is 8.03 Å². The average Bonchev–Trinajstić information content (AvgIpc) is 1.85. The van der Waals surface area contributed by atoms with Crippen molar-refractivity contribution in [2.24, 2.45) is 0 Å². The lowest BCUT2D eigenvalue weighted by molar-refractivity contribution is 0.364. The van der Waals surface area contributed by atoms with Gasteiger partial charge in [0.2, 0.25) is 8.03 Å². The third kappa shape index (κ3) is 5.62. The molecule has 3 heteroatoms. The van der Waals surface area contributed by atoms with E-state index in [1.165, 1.54) is 0 Å². The van der Waals surface area contributed by atoms with Gasteiger partial charge in [-0.05, 0) is 6.92 Å². The fraction of sp³-hybridized carbons (Fsp3) is 0.429. The molecule has 0 amide bonds. The molecular formula is C7H11O2P. The average molecular weight is 158 g/mol. The minimum absolute atomic E-state index is 0.220. The Labute approximate surface area is 62.1 Å². The Balaban J connectivity index is 3.42. The predicted molar refractivity (Wildman–Crippen MR) is 43.5 cm³/mol. The van der Waals surface area contributed by atoms with Crippen LogP contribution in [0.25, 0.3) is 0 Å². The first-order chi connectivity index (χ1) is 4.66. The first kappa shape index (κ1) is 9.49. The Morgan fingerprint density at radius 2 is 2.50 bits per heavy atom. The fourth-order valence-electron chi connectivity index (χ4n) is 0.338. The van der Waals surface area contributed by atoms with Gasteiger partial charge in [-0.15, -0.1) is 6.42 Å². The summed E-state index contributed by atoms with van der Waals surface area (Å²) in [5, 5.41) is 0. The fourth-order valence-corrected chi connectivity index (χ4v) is 1.01. The Bertz CT molecular complexity index is 179. The van der Waals surface area contributed by atoms with Gasteiger partial charge in [0.25, 0.3) is 0 Å². The number of hydrogen-bond acceptors (Lipinski definition) is 2. The summed E-state index contributed by atoms with van der Waals surface area (Å²) in [6.45, 7) is 5.75.